The van der Waals surface area contributed by atoms with Crippen LogP contribution in [0.1, 0.15) is 25.0 Å². The van der Waals surface area contributed by atoms with Crippen molar-refractivity contribution in [2.75, 3.05) is 0 Å². The van der Waals surface area contributed by atoms with E-state index in [2.05, 4.69) is 141 Å². The SMILES string of the molecule is CC1(C)c2ccccc2B2c3ccccc3[Si](C)(C)c3cc(-n4c5ccccc5c5ccccc54)cc1c32. The van der Waals surface area contributed by atoms with Crippen LogP contribution in [0, 0.1) is 0 Å². The lowest BCUT2D eigenvalue weighted by Gasteiger charge is -2.46. The fourth-order valence-corrected chi connectivity index (χ4v) is 10.9. The Kier molecular flexibility index (Phi) is 4.32. The topological polar surface area (TPSA) is 4.93 Å². The third-order valence-corrected chi connectivity index (χ3v) is 13.1. The van der Waals surface area contributed by atoms with Crippen LogP contribution in [0.5, 0.6) is 0 Å². The first-order chi connectivity index (χ1) is 18.4. The van der Waals surface area contributed by atoms with Gasteiger partial charge >= 0.3 is 0 Å². The molecule has 3 heteroatoms. The second-order valence-corrected chi connectivity index (χ2v) is 16.5. The minimum absolute atomic E-state index is 0.0806. The lowest BCUT2D eigenvalue weighted by atomic mass is 9.31. The number of rotatable bonds is 1. The minimum atomic E-state index is -1.96. The van der Waals surface area contributed by atoms with Crippen LogP contribution in [0.4, 0.5) is 0 Å². The predicted molar refractivity (Wildman–Crippen MR) is 167 cm³/mol. The van der Waals surface area contributed by atoms with E-state index >= 15 is 0 Å². The highest BCUT2D eigenvalue weighted by Gasteiger charge is 2.48. The fourth-order valence-electron chi connectivity index (χ4n) is 7.72. The summed E-state index contributed by atoms with van der Waals surface area (Å²) in [5, 5.41) is 5.81. The second-order valence-electron chi connectivity index (χ2n) is 12.2. The fraction of sp³-hybridized carbons (Fsp3) is 0.143. The van der Waals surface area contributed by atoms with Crippen molar-refractivity contribution in [1.29, 1.82) is 0 Å². The molecule has 0 amide bonds. The first-order valence-electron chi connectivity index (χ1n) is 13.8. The van der Waals surface area contributed by atoms with Gasteiger partial charge in [-0.1, -0.05) is 139 Å². The van der Waals surface area contributed by atoms with E-state index in [0.29, 0.717) is 6.71 Å². The average Bonchev–Trinajstić information content (AvgIpc) is 3.27. The van der Waals surface area contributed by atoms with Gasteiger partial charge in [0.2, 0.25) is 6.71 Å². The number of benzene rings is 5. The number of para-hydroxylation sites is 2. The third-order valence-electron chi connectivity index (χ3n) is 9.53. The van der Waals surface area contributed by atoms with Gasteiger partial charge in [0.05, 0.1) is 11.0 Å². The lowest BCUT2D eigenvalue weighted by molar-refractivity contribution is 0.646. The van der Waals surface area contributed by atoms with Crippen LogP contribution in [0.15, 0.2) is 109 Å². The molecule has 1 nitrogen and oxygen atoms in total. The Bertz CT molecular complexity index is 1810. The molecule has 0 unspecified atom stereocenters. The van der Waals surface area contributed by atoms with Crippen LogP contribution in [-0.2, 0) is 5.41 Å². The van der Waals surface area contributed by atoms with Gasteiger partial charge in [-0.15, -0.1) is 0 Å². The van der Waals surface area contributed by atoms with Crippen molar-refractivity contribution in [3.63, 3.8) is 0 Å². The number of fused-ring (bicyclic) bond motifs is 7. The summed E-state index contributed by atoms with van der Waals surface area (Å²) in [5.41, 5.74) is 11.3. The summed E-state index contributed by atoms with van der Waals surface area (Å²) in [6.45, 7) is 10.3. The zero-order valence-corrected chi connectivity index (χ0v) is 23.4. The van der Waals surface area contributed by atoms with Gasteiger partial charge in [-0.2, -0.15) is 0 Å². The van der Waals surface area contributed by atoms with Crippen LogP contribution in [0.3, 0.4) is 0 Å². The maximum absolute atomic E-state index is 2.57. The van der Waals surface area contributed by atoms with Crippen molar-refractivity contribution in [2.24, 2.45) is 0 Å². The third kappa shape index (κ3) is 2.67. The molecule has 0 radical (unpaired) electrons. The van der Waals surface area contributed by atoms with Crippen molar-refractivity contribution in [3.8, 4) is 5.69 Å². The maximum Gasteiger partial charge on any atom is 0.241 e. The minimum Gasteiger partial charge on any atom is -0.309 e. The maximum atomic E-state index is 2.57. The molecule has 0 saturated carbocycles. The summed E-state index contributed by atoms with van der Waals surface area (Å²) >= 11 is 0. The highest BCUT2D eigenvalue weighted by Crippen LogP contribution is 2.37. The Labute approximate surface area is 225 Å². The van der Waals surface area contributed by atoms with Gasteiger partial charge in [-0.3, -0.25) is 0 Å². The van der Waals surface area contributed by atoms with Crippen molar-refractivity contribution >= 4 is 63.4 Å². The molecular weight excluding hydrogens is 473 g/mol. The Morgan fingerprint density at radius 1 is 0.605 bits per heavy atom. The molecule has 38 heavy (non-hydrogen) atoms. The first kappa shape index (κ1) is 22.2. The summed E-state index contributed by atoms with van der Waals surface area (Å²) in [4.78, 5) is 0. The largest absolute Gasteiger partial charge is 0.309 e. The van der Waals surface area contributed by atoms with E-state index in [0.717, 1.165) is 0 Å². The molecule has 1 aromatic heterocycles. The molecule has 182 valence electrons. The van der Waals surface area contributed by atoms with Gasteiger partial charge in [0.1, 0.15) is 8.07 Å². The van der Waals surface area contributed by atoms with E-state index in [1.165, 1.54) is 49.5 Å². The summed E-state index contributed by atoms with van der Waals surface area (Å²) in [6, 6.07) is 41.3. The average molecular weight is 504 g/mol. The number of hydrogen-bond acceptors (Lipinski definition) is 0. The molecule has 0 atom stereocenters. The van der Waals surface area contributed by atoms with Crippen LogP contribution in [-0.4, -0.2) is 19.4 Å². The van der Waals surface area contributed by atoms with Crippen molar-refractivity contribution in [2.45, 2.75) is 32.4 Å². The zero-order valence-electron chi connectivity index (χ0n) is 22.4. The number of hydrogen-bond donors (Lipinski definition) is 0. The molecule has 0 fully saturated rings. The van der Waals surface area contributed by atoms with Gasteiger partial charge in [-0.25, -0.2) is 0 Å². The molecule has 6 aromatic rings. The van der Waals surface area contributed by atoms with E-state index in [9.17, 15) is 0 Å². The van der Waals surface area contributed by atoms with E-state index < -0.39 is 8.07 Å². The number of nitrogens with zero attached hydrogens (tertiary/aromatic N) is 1. The van der Waals surface area contributed by atoms with Crippen LogP contribution in [0.2, 0.25) is 13.1 Å². The quantitative estimate of drug-likeness (QED) is 0.276. The van der Waals surface area contributed by atoms with E-state index in [1.54, 1.807) is 15.8 Å². The van der Waals surface area contributed by atoms with Gasteiger partial charge in [-0.05, 0) is 35.4 Å². The molecule has 0 aliphatic carbocycles. The van der Waals surface area contributed by atoms with Crippen molar-refractivity contribution in [3.05, 3.63) is 120 Å². The van der Waals surface area contributed by atoms with Crippen molar-refractivity contribution < 1.29 is 0 Å². The lowest BCUT2D eigenvalue weighted by Crippen LogP contribution is -2.79. The first-order valence-corrected chi connectivity index (χ1v) is 16.8. The summed E-state index contributed by atoms with van der Waals surface area (Å²) in [5.74, 6) is 0. The van der Waals surface area contributed by atoms with Gasteiger partial charge in [0.15, 0.2) is 0 Å². The molecule has 0 bridgehead atoms. The van der Waals surface area contributed by atoms with Gasteiger partial charge in [0.25, 0.3) is 0 Å². The zero-order chi connectivity index (χ0) is 25.8. The highest BCUT2D eigenvalue weighted by atomic mass is 28.3. The molecule has 3 heterocycles. The monoisotopic (exact) mass is 503 g/mol. The molecule has 8 rings (SSSR count). The number of aromatic nitrogens is 1. The summed E-state index contributed by atoms with van der Waals surface area (Å²) < 4.78 is 2.51. The molecule has 0 N–H and O–H groups in total. The van der Waals surface area contributed by atoms with Crippen LogP contribution in [0.25, 0.3) is 27.5 Å². The molecule has 5 aromatic carbocycles. The standard InChI is InChI=1S/C35H30BNSi/c1-35(2)26-15-7-8-16-28(26)36-29-17-9-12-20-32(29)38(3,4)33-22-23(21-27(35)34(33)36)37-30-18-10-5-13-24(30)25-14-6-11-19-31(25)37/h5-22H,1-4H3. The summed E-state index contributed by atoms with van der Waals surface area (Å²) in [7, 11) is -1.96. The Morgan fingerprint density at radius 2 is 1.18 bits per heavy atom. The van der Waals surface area contributed by atoms with Gasteiger partial charge < -0.3 is 4.57 Å². The Balaban J connectivity index is 1.54. The molecule has 2 aliphatic rings. The van der Waals surface area contributed by atoms with E-state index in [4.69, 9.17) is 0 Å². The predicted octanol–water partition coefficient (Wildman–Crippen LogP) is 5.08. The summed E-state index contributed by atoms with van der Waals surface area (Å²) in [6.07, 6.45) is 0. The molecule has 0 saturated heterocycles. The van der Waals surface area contributed by atoms with Gasteiger partial charge in [0, 0.05) is 21.9 Å². The van der Waals surface area contributed by atoms with Crippen LogP contribution < -0.4 is 26.8 Å². The van der Waals surface area contributed by atoms with E-state index in [-0.39, 0.29) is 5.41 Å². The smallest absolute Gasteiger partial charge is 0.241 e. The molecular formula is C35H30BNSi. The van der Waals surface area contributed by atoms with Crippen LogP contribution >= 0.6 is 0 Å². The Morgan fingerprint density at radius 3 is 1.89 bits per heavy atom. The molecule has 2 aliphatic heterocycles. The molecule has 0 spiro atoms. The Hall–Kier alpha value is -3.82. The van der Waals surface area contributed by atoms with E-state index in [1.807, 2.05) is 0 Å². The second kappa shape index (κ2) is 7.39. The normalized spacial score (nSPS) is 16.3. The highest BCUT2D eigenvalue weighted by molar-refractivity contribution is 7.14. The van der Waals surface area contributed by atoms with Crippen molar-refractivity contribution in [1.82, 2.24) is 4.57 Å².